The average molecular weight is 663 g/mol. The van der Waals surface area contributed by atoms with E-state index in [1.54, 1.807) is 27.7 Å². The molecule has 1 saturated heterocycles. The Bertz CT molecular complexity index is 1710. The minimum absolute atomic E-state index is 0.0578. The number of carbonyl (C=O) groups excluding carboxylic acids is 4. The Hall–Kier alpha value is -4.86. The van der Waals surface area contributed by atoms with Crippen LogP contribution in [0.1, 0.15) is 71.6 Å². The molecule has 12 nitrogen and oxygen atoms in total. The van der Waals surface area contributed by atoms with Gasteiger partial charge in [-0.25, -0.2) is 37.7 Å². The Morgan fingerprint density at radius 1 is 0.870 bits per heavy atom. The van der Waals surface area contributed by atoms with Gasteiger partial charge in [0.15, 0.2) is 0 Å². The van der Waals surface area contributed by atoms with Gasteiger partial charge in [-0.05, 0) is 73.5 Å². The molecule has 2 atom stereocenters. The molecular weight excluding hydrogens is 633 g/mol. The molecule has 0 radical (unpaired) electrons. The summed E-state index contributed by atoms with van der Waals surface area (Å²) >= 11 is 0. The minimum atomic E-state index is -5.69. The molecule has 1 aliphatic rings. The standard InChI is InChI=1S/C30H29F3N4O8S/c1-5-44-25(38)23-15-19(11-13-34-23)17(3)29(18(4)20-12-14-35-24(16-20)26(39)45-6-2)27(40)37(28(41)36-29)21-7-9-22(10-8-21)46(42,43)30(31,32)33/h7-18H,5-6H2,1-4H3,(H,36,41). The van der Waals surface area contributed by atoms with Gasteiger partial charge in [0.2, 0.25) is 0 Å². The summed E-state index contributed by atoms with van der Waals surface area (Å²) in [6.45, 7) is 6.64. The molecule has 3 heterocycles. The van der Waals surface area contributed by atoms with Crippen molar-refractivity contribution in [2.45, 2.75) is 55.5 Å². The molecule has 1 N–H and O–H groups in total. The number of nitrogens with zero attached hydrogens (tertiary/aromatic N) is 3. The van der Waals surface area contributed by atoms with Crippen molar-refractivity contribution in [3.05, 3.63) is 83.4 Å². The molecule has 3 aromatic rings. The van der Waals surface area contributed by atoms with Crippen molar-refractivity contribution in [3.63, 3.8) is 0 Å². The maximum Gasteiger partial charge on any atom is 0.501 e. The van der Waals surface area contributed by atoms with Crippen LogP contribution in [-0.2, 0) is 24.1 Å². The molecule has 1 fully saturated rings. The topological polar surface area (TPSA) is 162 Å². The fourth-order valence-corrected chi connectivity index (χ4v) is 6.02. The monoisotopic (exact) mass is 662 g/mol. The van der Waals surface area contributed by atoms with Crippen LogP contribution >= 0.6 is 0 Å². The van der Waals surface area contributed by atoms with Crippen LogP contribution in [0.4, 0.5) is 23.7 Å². The lowest BCUT2D eigenvalue weighted by atomic mass is 9.69. The van der Waals surface area contributed by atoms with E-state index in [4.69, 9.17) is 9.47 Å². The minimum Gasteiger partial charge on any atom is -0.461 e. The molecule has 244 valence electrons. The summed E-state index contributed by atoms with van der Waals surface area (Å²) in [6, 6.07) is 8.07. The summed E-state index contributed by atoms with van der Waals surface area (Å²) < 4.78 is 73.2. The van der Waals surface area contributed by atoms with Crippen molar-refractivity contribution < 1.29 is 50.2 Å². The van der Waals surface area contributed by atoms with Gasteiger partial charge in [0, 0.05) is 24.2 Å². The predicted octanol–water partition coefficient (Wildman–Crippen LogP) is 4.53. The highest BCUT2D eigenvalue weighted by Gasteiger charge is 2.59. The van der Waals surface area contributed by atoms with E-state index in [1.165, 1.54) is 36.7 Å². The number of aromatic nitrogens is 2. The molecular formula is C30H29F3N4O8S. The van der Waals surface area contributed by atoms with Gasteiger partial charge in [-0.2, -0.15) is 13.2 Å². The molecule has 3 amide bonds. The highest BCUT2D eigenvalue weighted by molar-refractivity contribution is 7.92. The third-order valence-electron chi connectivity index (χ3n) is 7.69. The summed E-state index contributed by atoms with van der Waals surface area (Å²) in [5.74, 6) is -4.07. The van der Waals surface area contributed by atoms with Gasteiger partial charge in [0.1, 0.15) is 16.9 Å². The van der Waals surface area contributed by atoms with Crippen LogP contribution in [0.15, 0.2) is 65.8 Å². The number of rotatable bonds is 10. The van der Waals surface area contributed by atoms with Crippen molar-refractivity contribution in [2.75, 3.05) is 18.1 Å². The smallest absolute Gasteiger partial charge is 0.461 e. The molecule has 1 aromatic carbocycles. The van der Waals surface area contributed by atoms with E-state index in [-0.39, 0.29) is 30.3 Å². The van der Waals surface area contributed by atoms with Crippen LogP contribution in [-0.4, -0.2) is 66.5 Å². The number of halogens is 3. The summed E-state index contributed by atoms with van der Waals surface area (Å²) in [5, 5.41) is 2.75. The van der Waals surface area contributed by atoms with E-state index in [0.717, 1.165) is 12.1 Å². The maximum absolute atomic E-state index is 14.5. The maximum atomic E-state index is 14.5. The molecule has 0 aliphatic carbocycles. The molecule has 46 heavy (non-hydrogen) atoms. The molecule has 0 bridgehead atoms. The normalized spacial score (nSPS) is 18.1. The Morgan fingerprint density at radius 2 is 1.33 bits per heavy atom. The lowest BCUT2D eigenvalue weighted by Gasteiger charge is -2.39. The average Bonchev–Trinajstić information content (AvgIpc) is 3.30. The highest BCUT2D eigenvalue weighted by Crippen LogP contribution is 2.45. The molecule has 4 rings (SSSR count). The molecule has 1 aliphatic heterocycles. The molecule has 0 saturated carbocycles. The number of urea groups is 1. The van der Waals surface area contributed by atoms with E-state index >= 15 is 0 Å². The zero-order chi connectivity index (χ0) is 34.0. The molecule has 0 spiro atoms. The highest BCUT2D eigenvalue weighted by atomic mass is 32.2. The quantitative estimate of drug-likeness (QED) is 0.241. The first-order chi connectivity index (χ1) is 21.6. The number of alkyl halides is 3. The van der Waals surface area contributed by atoms with Gasteiger partial charge in [-0.15, -0.1) is 0 Å². The van der Waals surface area contributed by atoms with Gasteiger partial charge < -0.3 is 14.8 Å². The largest absolute Gasteiger partial charge is 0.501 e. The third-order valence-corrected chi connectivity index (χ3v) is 9.19. The number of imide groups is 1. The van der Waals surface area contributed by atoms with Crippen molar-refractivity contribution in [2.24, 2.45) is 0 Å². The van der Waals surface area contributed by atoms with Crippen LogP contribution in [0, 0.1) is 0 Å². The fourth-order valence-electron chi connectivity index (χ4n) is 5.26. The number of nitrogens with one attached hydrogen (secondary N) is 1. The molecule has 2 aromatic heterocycles. The van der Waals surface area contributed by atoms with E-state index < -0.39 is 61.5 Å². The van der Waals surface area contributed by atoms with E-state index in [0.29, 0.717) is 28.2 Å². The summed E-state index contributed by atoms with van der Waals surface area (Å²) in [5.41, 5.74) is -6.91. The van der Waals surface area contributed by atoms with Crippen LogP contribution < -0.4 is 10.2 Å². The zero-order valence-electron chi connectivity index (χ0n) is 25.0. The van der Waals surface area contributed by atoms with Crippen LogP contribution in [0.5, 0.6) is 0 Å². The summed E-state index contributed by atoms with van der Waals surface area (Å²) in [6.07, 6.45) is 2.67. The zero-order valence-corrected chi connectivity index (χ0v) is 25.8. The second-order valence-electron chi connectivity index (χ2n) is 10.2. The number of ether oxygens (including phenoxy) is 2. The van der Waals surface area contributed by atoms with E-state index in [1.807, 2.05) is 0 Å². The number of benzene rings is 1. The SMILES string of the molecule is CCOC(=O)c1cc(C(C)C2(C(C)c3ccnc(C(=O)OCC)c3)NC(=O)N(c3ccc(S(=O)(=O)C(F)(F)F)cc3)C2=O)ccn1. The number of hydrogen-bond donors (Lipinski definition) is 1. The van der Waals surface area contributed by atoms with Gasteiger partial charge in [-0.1, -0.05) is 13.8 Å². The van der Waals surface area contributed by atoms with Gasteiger partial charge in [-0.3, -0.25) is 4.79 Å². The van der Waals surface area contributed by atoms with Crippen LogP contribution in [0.2, 0.25) is 0 Å². The predicted molar refractivity (Wildman–Crippen MR) is 156 cm³/mol. The number of esters is 2. The summed E-state index contributed by atoms with van der Waals surface area (Å²) in [4.78, 5) is 60.6. The Kier molecular flexibility index (Phi) is 9.51. The van der Waals surface area contributed by atoms with Crippen molar-refractivity contribution in [3.8, 4) is 0 Å². The lowest BCUT2D eigenvalue weighted by Crippen LogP contribution is -2.55. The number of hydrogen-bond acceptors (Lipinski definition) is 10. The third kappa shape index (κ3) is 6.03. The second-order valence-corrected chi connectivity index (χ2v) is 12.2. The first kappa shape index (κ1) is 34.0. The first-order valence-corrected chi connectivity index (χ1v) is 15.4. The van der Waals surface area contributed by atoms with Gasteiger partial charge in [0.25, 0.3) is 15.7 Å². The fraction of sp³-hybridized carbons (Fsp3) is 0.333. The first-order valence-electron chi connectivity index (χ1n) is 13.9. The number of amides is 3. The van der Waals surface area contributed by atoms with E-state index in [2.05, 4.69) is 15.3 Å². The van der Waals surface area contributed by atoms with Crippen molar-refractivity contribution in [1.82, 2.24) is 15.3 Å². The number of anilines is 1. The second kappa shape index (κ2) is 12.9. The van der Waals surface area contributed by atoms with Gasteiger partial charge >= 0.3 is 23.5 Å². The molecule has 2 unspecified atom stereocenters. The lowest BCUT2D eigenvalue weighted by molar-refractivity contribution is -0.123. The Balaban J connectivity index is 1.85. The Morgan fingerprint density at radius 3 is 1.74 bits per heavy atom. The van der Waals surface area contributed by atoms with Crippen LogP contribution in [0.25, 0.3) is 0 Å². The molecule has 16 heteroatoms. The van der Waals surface area contributed by atoms with E-state index in [9.17, 15) is 40.8 Å². The number of pyridine rings is 2. The van der Waals surface area contributed by atoms with Crippen molar-refractivity contribution >= 4 is 39.4 Å². The number of carbonyl (C=O) groups is 4. The number of sulfone groups is 1. The van der Waals surface area contributed by atoms with Crippen molar-refractivity contribution in [1.29, 1.82) is 0 Å². The van der Waals surface area contributed by atoms with Gasteiger partial charge in [0.05, 0.1) is 23.8 Å². The summed E-state index contributed by atoms with van der Waals surface area (Å²) in [7, 11) is -5.69. The van der Waals surface area contributed by atoms with Crippen LogP contribution in [0.3, 0.4) is 0 Å². The Labute approximate surface area is 261 Å².